The summed E-state index contributed by atoms with van der Waals surface area (Å²) in [6, 6.07) is 12.3. The van der Waals surface area contributed by atoms with Gasteiger partial charge in [0.25, 0.3) is 0 Å². The Morgan fingerprint density at radius 1 is 1.16 bits per heavy atom. The monoisotopic (exact) mass is 252 g/mol. The molecule has 0 N–H and O–H groups in total. The number of anilines is 1. The van der Waals surface area contributed by atoms with E-state index in [0.717, 1.165) is 25.2 Å². The maximum Gasteiger partial charge on any atom is 0.178 e. The summed E-state index contributed by atoms with van der Waals surface area (Å²) in [6.45, 7) is 3.45. The lowest BCUT2D eigenvalue weighted by Gasteiger charge is -2.30. The second-order valence-corrected chi connectivity index (χ2v) is 4.90. The molecule has 1 aliphatic heterocycles. The number of pyridine rings is 1. The van der Waals surface area contributed by atoms with E-state index in [-0.39, 0.29) is 5.78 Å². The molecular formula is C16H16N2O. The van der Waals surface area contributed by atoms with Crippen molar-refractivity contribution < 1.29 is 4.79 Å². The number of ketones is 1. The summed E-state index contributed by atoms with van der Waals surface area (Å²) in [5.74, 6) is 0.00976. The van der Waals surface area contributed by atoms with Crippen molar-refractivity contribution in [3.05, 3.63) is 59.4 Å². The highest BCUT2D eigenvalue weighted by Crippen LogP contribution is 2.23. The molecular weight excluding hydrogens is 236 g/mol. The normalized spacial score (nSPS) is 14.1. The third-order valence-electron chi connectivity index (χ3n) is 3.60. The molecule has 0 unspecified atom stereocenters. The highest BCUT2D eigenvalue weighted by molar-refractivity contribution is 5.92. The summed E-state index contributed by atoms with van der Waals surface area (Å²) in [4.78, 5) is 17.7. The number of nitrogens with zero attached hydrogens (tertiary/aromatic N) is 2. The second-order valence-electron chi connectivity index (χ2n) is 4.90. The van der Waals surface area contributed by atoms with Gasteiger partial charge >= 0.3 is 0 Å². The van der Waals surface area contributed by atoms with E-state index in [4.69, 9.17) is 0 Å². The highest BCUT2D eigenvalue weighted by atomic mass is 16.1. The van der Waals surface area contributed by atoms with Crippen LogP contribution in [0.15, 0.2) is 42.6 Å². The summed E-state index contributed by atoms with van der Waals surface area (Å²) in [7, 11) is 0. The van der Waals surface area contributed by atoms with Crippen LogP contribution < -0.4 is 4.90 Å². The van der Waals surface area contributed by atoms with Gasteiger partial charge < -0.3 is 4.90 Å². The number of fused-ring (bicyclic) bond motifs is 1. The SMILES string of the molecule is CC(=O)c1ccc(N2CCc3ccccc3C2)cn1. The van der Waals surface area contributed by atoms with Crippen molar-refractivity contribution in [1.82, 2.24) is 4.98 Å². The third-order valence-corrected chi connectivity index (χ3v) is 3.60. The Bertz CT molecular complexity index is 604. The van der Waals surface area contributed by atoms with Crippen LogP contribution in [0.25, 0.3) is 0 Å². The molecule has 0 spiro atoms. The van der Waals surface area contributed by atoms with Gasteiger partial charge in [-0.3, -0.25) is 9.78 Å². The predicted molar refractivity (Wildman–Crippen MR) is 75.4 cm³/mol. The number of aromatic nitrogens is 1. The van der Waals surface area contributed by atoms with Gasteiger partial charge in [0.15, 0.2) is 5.78 Å². The Balaban J connectivity index is 1.83. The average Bonchev–Trinajstić information content (AvgIpc) is 2.47. The lowest BCUT2D eigenvalue weighted by molar-refractivity contribution is 0.101. The lowest BCUT2D eigenvalue weighted by Crippen LogP contribution is -2.30. The van der Waals surface area contributed by atoms with Crippen LogP contribution in [0.3, 0.4) is 0 Å². The molecule has 3 rings (SSSR count). The fourth-order valence-corrected chi connectivity index (χ4v) is 2.50. The van der Waals surface area contributed by atoms with E-state index < -0.39 is 0 Å². The molecule has 96 valence electrons. The quantitative estimate of drug-likeness (QED) is 0.771. The molecule has 1 aliphatic rings. The molecule has 0 atom stereocenters. The minimum absolute atomic E-state index is 0.00976. The van der Waals surface area contributed by atoms with Crippen LogP contribution in [0.2, 0.25) is 0 Å². The van der Waals surface area contributed by atoms with E-state index in [1.807, 2.05) is 6.07 Å². The van der Waals surface area contributed by atoms with Crippen LogP contribution in [0, 0.1) is 0 Å². The molecule has 19 heavy (non-hydrogen) atoms. The molecule has 1 aromatic heterocycles. The second kappa shape index (κ2) is 4.84. The van der Waals surface area contributed by atoms with E-state index in [1.165, 1.54) is 11.1 Å². The number of hydrogen-bond acceptors (Lipinski definition) is 3. The number of hydrogen-bond donors (Lipinski definition) is 0. The molecule has 0 bridgehead atoms. The molecule has 2 heterocycles. The molecule has 0 saturated heterocycles. The minimum Gasteiger partial charge on any atom is -0.366 e. The molecule has 0 aliphatic carbocycles. The van der Waals surface area contributed by atoms with E-state index in [0.29, 0.717) is 5.69 Å². The fraction of sp³-hybridized carbons (Fsp3) is 0.250. The molecule has 3 nitrogen and oxygen atoms in total. The Labute approximate surface area is 112 Å². The third kappa shape index (κ3) is 2.36. The first-order valence-electron chi connectivity index (χ1n) is 6.53. The zero-order chi connectivity index (χ0) is 13.2. The van der Waals surface area contributed by atoms with Gasteiger partial charge in [-0.2, -0.15) is 0 Å². The van der Waals surface area contributed by atoms with E-state index in [2.05, 4.69) is 34.1 Å². The highest BCUT2D eigenvalue weighted by Gasteiger charge is 2.16. The number of carbonyl (C=O) groups excluding carboxylic acids is 1. The van der Waals surface area contributed by atoms with E-state index in [9.17, 15) is 4.79 Å². The standard InChI is InChI=1S/C16H16N2O/c1-12(19)16-7-6-15(10-17-16)18-9-8-13-4-2-3-5-14(13)11-18/h2-7,10H,8-9,11H2,1H3. The van der Waals surface area contributed by atoms with Crippen molar-refractivity contribution in [2.45, 2.75) is 19.9 Å². The van der Waals surface area contributed by atoms with Crippen LogP contribution in [0.4, 0.5) is 5.69 Å². The number of benzene rings is 1. The molecule has 0 radical (unpaired) electrons. The Morgan fingerprint density at radius 3 is 2.63 bits per heavy atom. The largest absolute Gasteiger partial charge is 0.366 e. The van der Waals surface area contributed by atoms with Gasteiger partial charge in [0.05, 0.1) is 11.9 Å². The van der Waals surface area contributed by atoms with Crippen LogP contribution in [-0.2, 0) is 13.0 Å². The Kier molecular flexibility index (Phi) is 3.03. The van der Waals surface area contributed by atoms with Crippen LogP contribution >= 0.6 is 0 Å². The number of Topliss-reactive ketones (excluding diaryl/α,β-unsaturated/α-hetero) is 1. The van der Waals surface area contributed by atoms with Crippen molar-refractivity contribution in [2.24, 2.45) is 0 Å². The zero-order valence-electron chi connectivity index (χ0n) is 11.0. The number of rotatable bonds is 2. The molecule has 1 aromatic carbocycles. The van der Waals surface area contributed by atoms with Crippen molar-refractivity contribution in [2.75, 3.05) is 11.4 Å². The molecule has 0 fully saturated rings. The van der Waals surface area contributed by atoms with Gasteiger partial charge in [-0.1, -0.05) is 24.3 Å². The van der Waals surface area contributed by atoms with Gasteiger partial charge in [-0.05, 0) is 29.7 Å². The first kappa shape index (κ1) is 11.9. The Hall–Kier alpha value is -2.16. The first-order valence-corrected chi connectivity index (χ1v) is 6.53. The van der Waals surface area contributed by atoms with E-state index >= 15 is 0 Å². The van der Waals surface area contributed by atoms with Crippen LogP contribution in [0.1, 0.15) is 28.5 Å². The lowest BCUT2D eigenvalue weighted by atomic mass is 10.00. The summed E-state index contributed by atoms with van der Waals surface area (Å²) < 4.78 is 0. The summed E-state index contributed by atoms with van der Waals surface area (Å²) in [5, 5.41) is 0. The maximum absolute atomic E-state index is 11.2. The van der Waals surface area contributed by atoms with Crippen molar-refractivity contribution in [3.8, 4) is 0 Å². The van der Waals surface area contributed by atoms with Crippen molar-refractivity contribution in [1.29, 1.82) is 0 Å². The zero-order valence-corrected chi connectivity index (χ0v) is 11.0. The summed E-state index contributed by atoms with van der Waals surface area (Å²) in [6.07, 6.45) is 2.86. The molecule has 3 heteroatoms. The predicted octanol–water partition coefficient (Wildman–Crippen LogP) is 2.85. The molecule has 0 amide bonds. The summed E-state index contributed by atoms with van der Waals surface area (Å²) in [5.41, 5.74) is 4.43. The topological polar surface area (TPSA) is 33.2 Å². The van der Waals surface area contributed by atoms with Crippen molar-refractivity contribution in [3.63, 3.8) is 0 Å². The average molecular weight is 252 g/mol. The van der Waals surface area contributed by atoms with Gasteiger partial charge in [0, 0.05) is 20.0 Å². The van der Waals surface area contributed by atoms with Crippen LogP contribution in [-0.4, -0.2) is 17.3 Å². The fourth-order valence-electron chi connectivity index (χ4n) is 2.50. The van der Waals surface area contributed by atoms with E-state index in [1.54, 1.807) is 19.2 Å². The maximum atomic E-state index is 11.2. The van der Waals surface area contributed by atoms with Gasteiger partial charge in [0.1, 0.15) is 5.69 Å². The first-order chi connectivity index (χ1) is 9.24. The summed E-state index contributed by atoms with van der Waals surface area (Å²) >= 11 is 0. The molecule has 0 saturated carbocycles. The van der Waals surface area contributed by atoms with Crippen LogP contribution in [0.5, 0.6) is 0 Å². The smallest absolute Gasteiger partial charge is 0.178 e. The van der Waals surface area contributed by atoms with Gasteiger partial charge in [-0.15, -0.1) is 0 Å². The Morgan fingerprint density at radius 2 is 1.95 bits per heavy atom. The minimum atomic E-state index is 0.00976. The number of carbonyl (C=O) groups is 1. The molecule has 2 aromatic rings. The van der Waals surface area contributed by atoms with Gasteiger partial charge in [-0.25, -0.2) is 0 Å². The van der Waals surface area contributed by atoms with Gasteiger partial charge in [0.2, 0.25) is 0 Å². The van der Waals surface area contributed by atoms with Crippen molar-refractivity contribution >= 4 is 11.5 Å².